The van der Waals surface area contributed by atoms with Crippen LogP contribution in [0.4, 0.5) is 5.13 Å². The van der Waals surface area contributed by atoms with Crippen molar-refractivity contribution in [1.82, 2.24) is 10.3 Å². The van der Waals surface area contributed by atoms with E-state index in [0.29, 0.717) is 10.0 Å². The van der Waals surface area contributed by atoms with Crippen molar-refractivity contribution in [2.45, 2.75) is 19.9 Å². The minimum absolute atomic E-state index is 0.270. The number of halogens is 1. The summed E-state index contributed by atoms with van der Waals surface area (Å²) in [5.74, 6) is -0.566. The molecule has 8 heteroatoms. The second-order valence-electron chi connectivity index (χ2n) is 5.23. The highest BCUT2D eigenvalue weighted by atomic mass is 79.9. The maximum atomic E-state index is 12.3. The van der Waals surface area contributed by atoms with E-state index in [1.807, 2.05) is 25.1 Å². The van der Waals surface area contributed by atoms with Gasteiger partial charge in [0.2, 0.25) is 5.91 Å². The molecule has 5 nitrogen and oxygen atoms in total. The number of thiazole rings is 1. The predicted octanol–water partition coefficient (Wildman–Crippen LogP) is 4.19. The number of amides is 2. The van der Waals surface area contributed by atoms with Gasteiger partial charge in [0, 0.05) is 0 Å². The highest BCUT2D eigenvalue weighted by molar-refractivity contribution is 9.11. The summed E-state index contributed by atoms with van der Waals surface area (Å²) in [6, 6.07) is 8.76. The van der Waals surface area contributed by atoms with Crippen molar-refractivity contribution in [1.29, 1.82) is 0 Å². The van der Waals surface area contributed by atoms with Gasteiger partial charge in [-0.1, -0.05) is 23.5 Å². The number of aryl methyl sites for hydroxylation is 1. The van der Waals surface area contributed by atoms with Crippen LogP contribution in [-0.4, -0.2) is 22.8 Å². The second-order valence-corrected chi connectivity index (χ2v) is 8.72. The number of anilines is 1. The third-order valence-corrected chi connectivity index (χ3v) is 5.95. The Morgan fingerprint density at radius 1 is 1.21 bits per heavy atom. The van der Waals surface area contributed by atoms with Crippen molar-refractivity contribution in [3.63, 3.8) is 0 Å². The third-order valence-electron chi connectivity index (χ3n) is 3.39. The first-order valence-corrected chi connectivity index (χ1v) is 9.60. The fourth-order valence-electron chi connectivity index (χ4n) is 2.12. The van der Waals surface area contributed by atoms with Crippen LogP contribution in [0.5, 0.6) is 0 Å². The quantitative estimate of drug-likeness (QED) is 0.660. The molecule has 3 aromatic rings. The average molecular weight is 424 g/mol. The molecule has 0 fully saturated rings. The van der Waals surface area contributed by atoms with E-state index in [4.69, 9.17) is 0 Å². The van der Waals surface area contributed by atoms with Gasteiger partial charge < -0.3 is 10.6 Å². The molecule has 1 unspecified atom stereocenters. The number of thiophene rings is 1. The largest absolute Gasteiger partial charge is 0.340 e. The first kappa shape index (κ1) is 17.1. The van der Waals surface area contributed by atoms with Gasteiger partial charge in [-0.2, -0.15) is 0 Å². The summed E-state index contributed by atoms with van der Waals surface area (Å²) in [6.07, 6.45) is 0. The molecule has 0 aliphatic carbocycles. The zero-order valence-electron chi connectivity index (χ0n) is 12.9. The van der Waals surface area contributed by atoms with Gasteiger partial charge in [0.05, 0.1) is 18.9 Å². The van der Waals surface area contributed by atoms with Gasteiger partial charge in [0.15, 0.2) is 5.13 Å². The molecular weight excluding hydrogens is 410 g/mol. The molecule has 2 heterocycles. The lowest BCUT2D eigenvalue weighted by Crippen LogP contribution is -2.41. The van der Waals surface area contributed by atoms with Gasteiger partial charge in [0.1, 0.15) is 6.04 Å². The van der Waals surface area contributed by atoms with Crippen molar-refractivity contribution in [2.24, 2.45) is 0 Å². The van der Waals surface area contributed by atoms with E-state index in [2.05, 4.69) is 31.5 Å². The molecule has 124 valence electrons. The molecule has 0 bridgehead atoms. The molecule has 0 spiro atoms. The highest BCUT2D eigenvalue weighted by Crippen LogP contribution is 2.28. The average Bonchev–Trinajstić information content (AvgIpc) is 3.14. The fraction of sp³-hybridized carbons (Fsp3) is 0.188. The summed E-state index contributed by atoms with van der Waals surface area (Å²) >= 11 is 6.05. The van der Waals surface area contributed by atoms with Crippen LogP contribution in [-0.2, 0) is 4.79 Å². The van der Waals surface area contributed by atoms with Crippen LogP contribution < -0.4 is 10.6 Å². The van der Waals surface area contributed by atoms with E-state index in [-0.39, 0.29) is 11.8 Å². The number of carbonyl (C=O) groups excluding carboxylic acids is 2. The van der Waals surface area contributed by atoms with Crippen LogP contribution in [0, 0.1) is 6.92 Å². The number of aromatic nitrogens is 1. The number of benzene rings is 1. The molecule has 0 saturated heterocycles. The van der Waals surface area contributed by atoms with E-state index in [1.165, 1.54) is 22.7 Å². The Balaban J connectivity index is 1.67. The van der Waals surface area contributed by atoms with Crippen molar-refractivity contribution < 1.29 is 9.59 Å². The van der Waals surface area contributed by atoms with Gasteiger partial charge in [0.25, 0.3) is 5.91 Å². The normalized spacial score (nSPS) is 12.1. The van der Waals surface area contributed by atoms with Crippen molar-refractivity contribution >= 4 is 65.8 Å². The second kappa shape index (κ2) is 7.00. The summed E-state index contributed by atoms with van der Waals surface area (Å²) in [5, 5.41) is 5.99. The zero-order valence-corrected chi connectivity index (χ0v) is 16.1. The first-order valence-electron chi connectivity index (χ1n) is 7.17. The van der Waals surface area contributed by atoms with Crippen LogP contribution in [0.15, 0.2) is 34.1 Å². The molecule has 0 radical (unpaired) electrons. The van der Waals surface area contributed by atoms with Crippen LogP contribution >= 0.6 is 38.6 Å². The summed E-state index contributed by atoms with van der Waals surface area (Å²) < 4.78 is 1.89. The van der Waals surface area contributed by atoms with Gasteiger partial charge in [-0.3, -0.25) is 9.59 Å². The lowest BCUT2D eigenvalue weighted by Gasteiger charge is -2.12. The van der Waals surface area contributed by atoms with Gasteiger partial charge in [-0.15, -0.1) is 11.3 Å². The Hall–Kier alpha value is -1.77. The van der Waals surface area contributed by atoms with Gasteiger partial charge >= 0.3 is 0 Å². The lowest BCUT2D eigenvalue weighted by atomic mass is 10.2. The number of rotatable bonds is 4. The summed E-state index contributed by atoms with van der Waals surface area (Å²) in [6.45, 7) is 3.63. The van der Waals surface area contributed by atoms with Gasteiger partial charge in [-0.25, -0.2) is 4.98 Å². The van der Waals surface area contributed by atoms with E-state index in [0.717, 1.165) is 19.6 Å². The first-order chi connectivity index (χ1) is 11.4. The summed E-state index contributed by atoms with van der Waals surface area (Å²) in [7, 11) is 0. The molecule has 3 rings (SSSR count). The van der Waals surface area contributed by atoms with E-state index >= 15 is 0 Å². The molecule has 2 amide bonds. The van der Waals surface area contributed by atoms with E-state index in [9.17, 15) is 9.59 Å². The topological polar surface area (TPSA) is 71.1 Å². The molecule has 0 aliphatic rings. The summed E-state index contributed by atoms with van der Waals surface area (Å²) in [5.41, 5.74) is 1.95. The van der Waals surface area contributed by atoms with Crippen molar-refractivity contribution in [3.8, 4) is 0 Å². The Morgan fingerprint density at radius 2 is 2.00 bits per heavy atom. The smallest absolute Gasteiger partial charge is 0.262 e. The van der Waals surface area contributed by atoms with Crippen molar-refractivity contribution in [2.75, 3.05) is 5.32 Å². The van der Waals surface area contributed by atoms with Crippen LogP contribution in [0.25, 0.3) is 10.2 Å². The highest BCUT2D eigenvalue weighted by Gasteiger charge is 2.19. The Labute approximate surface area is 155 Å². The Kier molecular flexibility index (Phi) is 4.98. The number of para-hydroxylation sites is 1. The Morgan fingerprint density at radius 3 is 2.67 bits per heavy atom. The number of fused-ring (bicyclic) bond motifs is 1. The monoisotopic (exact) mass is 423 g/mol. The van der Waals surface area contributed by atoms with Crippen LogP contribution in [0.2, 0.25) is 0 Å². The maximum Gasteiger partial charge on any atom is 0.262 e. The molecule has 2 aromatic heterocycles. The molecule has 1 atom stereocenters. The zero-order chi connectivity index (χ0) is 17.3. The molecule has 1 aromatic carbocycles. The molecular formula is C16H14BrN3O2S2. The number of nitrogens with zero attached hydrogens (tertiary/aromatic N) is 1. The summed E-state index contributed by atoms with van der Waals surface area (Å²) in [4.78, 5) is 29.4. The number of nitrogens with one attached hydrogen (secondary N) is 2. The Bertz CT molecular complexity index is 919. The SMILES string of the molecule is Cc1cccc2sc(NC(=O)C(C)NC(=O)c3ccc(Br)s3)nc12. The molecule has 24 heavy (non-hydrogen) atoms. The van der Waals surface area contributed by atoms with E-state index in [1.54, 1.807) is 19.1 Å². The van der Waals surface area contributed by atoms with Gasteiger partial charge in [-0.05, 0) is 53.5 Å². The number of hydrogen-bond acceptors (Lipinski definition) is 5. The fourth-order valence-corrected chi connectivity index (χ4v) is 4.36. The number of carbonyl (C=O) groups is 2. The molecule has 0 saturated carbocycles. The number of hydrogen-bond donors (Lipinski definition) is 2. The molecule has 2 N–H and O–H groups in total. The van der Waals surface area contributed by atoms with E-state index < -0.39 is 6.04 Å². The third kappa shape index (κ3) is 3.66. The van der Waals surface area contributed by atoms with Crippen LogP contribution in [0.3, 0.4) is 0 Å². The standard InChI is InChI=1S/C16H14BrN3O2S2/c1-8-4-3-5-10-13(8)19-16(24-10)20-14(21)9(2)18-15(22)11-6-7-12(17)23-11/h3-7,9H,1-2H3,(H,18,22)(H,19,20,21). The van der Waals surface area contributed by atoms with Crippen LogP contribution in [0.1, 0.15) is 22.2 Å². The predicted molar refractivity (Wildman–Crippen MR) is 102 cm³/mol. The minimum Gasteiger partial charge on any atom is -0.340 e. The minimum atomic E-state index is -0.661. The van der Waals surface area contributed by atoms with Crippen molar-refractivity contribution in [3.05, 3.63) is 44.6 Å². The molecule has 0 aliphatic heterocycles. The lowest BCUT2D eigenvalue weighted by molar-refractivity contribution is -0.117. The maximum absolute atomic E-state index is 12.3.